The Morgan fingerprint density at radius 1 is 1.22 bits per heavy atom. The largest absolute Gasteiger partial charge is 0.349 e. The number of carbonyl (C=O) groups excluding carboxylic acids is 2. The fourth-order valence-electron chi connectivity index (χ4n) is 1.65. The van der Waals surface area contributed by atoms with Crippen molar-refractivity contribution < 1.29 is 9.59 Å². The van der Waals surface area contributed by atoms with Crippen LogP contribution in [-0.4, -0.2) is 17.9 Å². The van der Waals surface area contributed by atoms with Gasteiger partial charge >= 0.3 is 0 Å². The van der Waals surface area contributed by atoms with Crippen molar-refractivity contribution >= 4 is 17.5 Å². The second-order valence-electron chi connectivity index (χ2n) is 4.62. The van der Waals surface area contributed by atoms with E-state index in [0.29, 0.717) is 18.0 Å². The Kier molecular flexibility index (Phi) is 3.97. The van der Waals surface area contributed by atoms with E-state index in [1.54, 1.807) is 24.3 Å². The summed E-state index contributed by atoms with van der Waals surface area (Å²) >= 11 is 0. The highest BCUT2D eigenvalue weighted by molar-refractivity contribution is 5.96. The Morgan fingerprint density at radius 2 is 1.89 bits per heavy atom. The van der Waals surface area contributed by atoms with Gasteiger partial charge in [0.2, 0.25) is 5.91 Å². The van der Waals surface area contributed by atoms with Crippen molar-refractivity contribution in [3.8, 4) is 0 Å². The zero-order valence-electron chi connectivity index (χ0n) is 10.5. The highest BCUT2D eigenvalue weighted by atomic mass is 16.2. The summed E-state index contributed by atoms with van der Waals surface area (Å²) in [5, 5.41) is 5.72. The fourth-order valence-corrected chi connectivity index (χ4v) is 1.65. The van der Waals surface area contributed by atoms with Gasteiger partial charge in [-0.05, 0) is 43.5 Å². The van der Waals surface area contributed by atoms with Gasteiger partial charge in [0.25, 0.3) is 5.91 Å². The summed E-state index contributed by atoms with van der Waals surface area (Å²) in [4.78, 5) is 23.1. The maximum absolute atomic E-state index is 11.7. The summed E-state index contributed by atoms with van der Waals surface area (Å²) in [6, 6.07) is 7.35. The van der Waals surface area contributed by atoms with Gasteiger partial charge in [-0.15, -0.1) is 0 Å². The molecular formula is C14H18N2O2. The molecule has 1 aromatic carbocycles. The van der Waals surface area contributed by atoms with Crippen molar-refractivity contribution in [1.29, 1.82) is 0 Å². The molecule has 0 aromatic heterocycles. The standard InChI is InChI=1S/C14H18N2O2/c1-2-3-13(17)15-11-6-4-10(5-7-11)14(18)16-12-8-9-12/h4-7,12H,2-3,8-9H2,1H3,(H,15,17)(H,16,18). The van der Waals surface area contributed by atoms with Gasteiger partial charge in [0.15, 0.2) is 0 Å². The molecule has 0 spiro atoms. The summed E-state index contributed by atoms with van der Waals surface area (Å²) in [5.74, 6) is -0.0309. The third-order valence-electron chi connectivity index (χ3n) is 2.82. The minimum Gasteiger partial charge on any atom is -0.349 e. The van der Waals surface area contributed by atoms with Crippen LogP contribution in [0.15, 0.2) is 24.3 Å². The molecule has 0 aliphatic heterocycles. The molecule has 1 fully saturated rings. The number of nitrogens with one attached hydrogen (secondary N) is 2. The molecule has 1 aliphatic carbocycles. The minimum atomic E-state index is -0.0380. The first-order valence-electron chi connectivity index (χ1n) is 6.40. The van der Waals surface area contributed by atoms with E-state index >= 15 is 0 Å². The van der Waals surface area contributed by atoms with Crippen LogP contribution in [0.5, 0.6) is 0 Å². The molecule has 18 heavy (non-hydrogen) atoms. The van der Waals surface area contributed by atoms with Crippen LogP contribution in [0.3, 0.4) is 0 Å². The number of anilines is 1. The molecule has 2 rings (SSSR count). The monoisotopic (exact) mass is 246 g/mol. The number of amides is 2. The van der Waals surface area contributed by atoms with Gasteiger partial charge in [-0.1, -0.05) is 6.92 Å². The van der Waals surface area contributed by atoms with E-state index in [0.717, 1.165) is 24.9 Å². The van der Waals surface area contributed by atoms with E-state index in [1.807, 2.05) is 6.92 Å². The average Bonchev–Trinajstić information content (AvgIpc) is 3.14. The van der Waals surface area contributed by atoms with Crippen LogP contribution in [0.4, 0.5) is 5.69 Å². The minimum absolute atomic E-state index is 0.00711. The molecule has 4 heteroatoms. The Balaban J connectivity index is 1.91. The zero-order valence-corrected chi connectivity index (χ0v) is 10.5. The highest BCUT2D eigenvalue weighted by Gasteiger charge is 2.23. The quantitative estimate of drug-likeness (QED) is 0.837. The van der Waals surface area contributed by atoms with Crippen LogP contribution in [-0.2, 0) is 4.79 Å². The molecule has 0 unspecified atom stereocenters. The second kappa shape index (κ2) is 5.67. The van der Waals surface area contributed by atoms with Gasteiger partial charge < -0.3 is 10.6 Å². The van der Waals surface area contributed by atoms with Gasteiger partial charge in [0, 0.05) is 23.7 Å². The molecule has 0 radical (unpaired) electrons. The third kappa shape index (κ3) is 3.58. The molecule has 1 aliphatic rings. The third-order valence-corrected chi connectivity index (χ3v) is 2.82. The number of carbonyl (C=O) groups is 2. The van der Waals surface area contributed by atoms with Crippen LogP contribution in [0.1, 0.15) is 43.0 Å². The highest BCUT2D eigenvalue weighted by Crippen LogP contribution is 2.19. The van der Waals surface area contributed by atoms with Gasteiger partial charge in [-0.3, -0.25) is 9.59 Å². The molecule has 1 aromatic rings. The second-order valence-corrected chi connectivity index (χ2v) is 4.62. The predicted octanol–water partition coefficient (Wildman–Crippen LogP) is 2.32. The van der Waals surface area contributed by atoms with Crippen LogP contribution in [0.2, 0.25) is 0 Å². The van der Waals surface area contributed by atoms with E-state index in [2.05, 4.69) is 10.6 Å². The Bertz CT molecular complexity index is 436. The lowest BCUT2D eigenvalue weighted by Crippen LogP contribution is -2.25. The molecule has 2 amide bonds. The number of hydrogen-bond acceptors (Lipinski definition) is 2. The van der Waals surface area contributed by atoms with Crippen molar-refractivity contribution in [2.24, 2.45) is 0 Å². The maximum Gasteiger partial charge on any atom is 0.251 e. The van der Waals surface area contributed by atoms with Crippen LogP contribution >= 0.6 is 0 Å². The molecular weight excluding hydrogens is 228 g/mol. The first-order chi connectivity index (χ1) is 8.69. The van der Waals surface area contributed by atoms with Crippen molar-refractivity contribution in [2.75, 3.05) is 5.32 Å². The van der Waals surface area contributed by atoms with Crippen LogP contribution < -0.4 is 10.6 Å². The van der Waals surface area contributed by atoms with E-state index in [9.17, 15) is 9.59 Å². The summed E-state index contributed by atoms with van der Waals surface area (Å²) in [6.45, 7) is 1.96. The first kappa shape index (κ1) is 12.6. The molecule has 2 N–H and O–H groups in total. The van der Waals surface area contributed by atoms with Gasteiger partial charge in [0.05, 0.1) is 0 Å². The summed E-state index contributed by atoms with van der Waals surface area (Å²) in [5.41, 5.74) is 1.37. The van der Waals surface area contributed by atoms with E-state index in [4.69, 9.17) is 0 Å². The average molecular weight is 246 g/mol. The predicted molar refractivity (Wildman–Crippen MR) is 70.5 cm³/mol. The number of benzene rings is 1. The molecule has 0 atom stereocenters. The van der Waals surface area contributed by atoms with Crippen LogP contribution in [0.25, 0.3) is 0 Å². The molecule has 96 valence electrons. The summed E-state index contributed by atoms with van der Waals surface area (Å²) in [6.07, 6.45) is 3.51. The Morgan fingerprint density at radius 3 is 2.44 bits per heavy atom. The summed E-state index contributed by atoms with van der Waals surface area (Å²) < 4.78 is 0. The lowest BCUT2D eigenvalue weighted by Gasteiger charge is -2.06. The van der Waals surface area contributed by atoms with Gasteiger partial charge in [-0.25, -0.2) is 0 Å². The Hall–Kier alpha value is -1.84. The lowest BCUT2D eigenvalue weighted by atomic mass is 10.2. The van der Waals surface area contributed by atoms with Crippen molar-refractivity contribution in [3.05, 3.63) is 29.8 Å². The number of rotatable bonds is 5. The molecule has 0 saturated heterocycles. The van der Waals surface area contributed by atoms with E-state index < -0.39 is 0 Å². The number of hydrogen-bond donors (Lipinski definition) is 2. The van der Waals surface area contributed by atoms with E-state index in [-0.39, 0.29) is 11.8 Å². The van der Waals surface area contributed by atoms with Crippen molar-refractivity contribution in [2.45, 2.75) is 38.6 Å². The maximum atomic E-state index is 11.7. The van der Waals surface area contributed by atoms with Gasteiger partial charge in [0.1, 0.15) is 0 Å². The molecule has 0 bridgehead atoms. The topological polar surface area (TPSA) is 58.2 Å². The first-order valence-corrected chi connectivity index (χ1v) is 6.40. The van der Waals surface area contributed by atoms with Gasteiger partial charge in [-0.2, -0.15) is 0 Å². The SMILES string of the molecule is CCCC(=O)Nc1ccc(C(=O)NC2CC2)cc1. The normalized spacial score (nSPS) is 14.1. The van der Waals surface area contributed by atoms with Crippen molar-refractivity contribution in [3.63, 3.8) is 0 Å². The molecule has 4 nitrogen and oxygen atoms in total. The fraction of sp³-hybridized carbons (Fsp3) is 0.429. The van der Waals surface area contributed by atoms with Crippen molar-refractivity contribution in [1.82, 2.24) is 5.32 Å². The van der Waals surface area contributed by atoms with E-state index in [1.165, 1.54) is 0 Å². The smallest absolute Gasteiger partial charge is 0.251 e. The van der Waals surface area contributed by atoms with Crippen LogP contribution in [0, 0.1) is 0 Å². The Labute approximate surface area is 107 Å². The lowest BCUT2D eigenvalue weighted by molar-refractivity contribution is -0.116. The molecule has 0 heterocycles. The molecule has 1 saturated carbocycles. The zero-order chi connectivity index (χ0) is 13.0. The summed E-state index contributed by atoms with van der Waals surface area (Å²) in [7, 11) is 0.